The Morgan fingerprint density at radius 3 is 2.66 bits per heavy atom. The fraction of sp³-hybridized carbons (Fsp3) is 0.478. The lowest BCUT2D eigenvalue weighted by atomic mass is 9.99. The quantitative estimate of drug-likeness (QED) is 0.777. The van der Waals surface area contributed by atoms with E-state index in [1.807, 2.05) is 26.0 Å². The Morgan fingerprint density at radius 2 is 1.97 bits per heavy atom. The van der Waals surface area contributed by atoms with Crippen LogP contribution in [0.4, 0.5) is 11.5 Å². The number of hydrogen-bond donors (Lipinski definition) is 1. The summed E-state index contributed by atoms with van der Waals surface area (Å²) in [5.74, 6) is 0.810. The Labute approximate surface area is 173 Å². The maximum Gasteiger partial charge on any atom is 0.226 e. The molecule has 2 heterocycles. The number of nitrogens with one attached hydrogen (secondary N) is 1. The van der Waals surface area contributed by atoms with Gasteiger partial charge in [-0.05, 0) is 24.1 Å². The fourth-order valence-corrected chi connectivity index (χ4v) is 3.36. The van der Waals surface area contributed by atoms with Crippen LogP contribution < -0.4 is 10.2 Å². The third-order valence-corrected chi connectivity index (χ3v) is 5.35. The summed E-state index contributed by atoms with van der Waals surface area (Å²) < 4.78 is 5.43. The van der Waals surface area contributed by atoms with Crippen molar-refractivity contribution in [1.82, 2.24) is 9.88 Å². The summed E-state index contributed by atoms with van der Waals surface area (Å²) in [7, 11) is 2.07. The molecule has 6 nitrogen and oxygen atoms in total. The summed E-state index contributed by atoms with van der Waals surface area (Å²) in [6.45, 7) is 11.3. The molecule has 29 heavy (non-hydrogen) atoms. The van der Waals surface area contributed by atoms with Crippen LogP contribution in [0.5, 0.6) is 0 Å². The lowest BCUT2D eigenvalue weighted by molar-refractivity contribution is -0.118. The largest absolute Gasteiger partial charge is 0.379 e. The number of benzene rings is 1. The molecule has 2 aromatic rings. The van der Waals surface area contributed by atoms with Crippen molar-refractivity contribution in [1.29, 1.82) is 0 Å². The molecule has 0 radical (unpaired) electrons. The summed E-state index contributed by atoms with van der Waals surface area (Å²) >= 11 is 0. The number of ether oxygens (including phenoxy) is 1. The van der Waals surface area contributed by atoms with Crippen LogP contribution in [-0.4, -0.2) is 62.2 Å². The molecule has 0 saturated carbocycles. The predicted octanol–water partition coefficient (Wildman–Crippen LogP) is 3.42. The molecule has 1 aliphatic rings. The Kier molecular flexibility index (Phi) is 7.23. The first kappa shape index (κ1) is 21.3. The molecule has 1 N–H and O–H groups in total. The first-order chi connectivity index (χ1) is 14.0. The van der Waals surface area contributed by atoms with Crippen LogP contribution in [0.25, 0.3) is 11.1 Å². The number of anilines is 2. The highest BCUT2D eigenvalue weighted by Crippen LogP contribution is 2.32. The van der Waals surface area contributed by atoms with E-state index < -0.39 is 0 Å². The van der Waals surface area contributed by atoms with Gasteiger partial charge in [0.1, 0.15) is 5.82 Å². The van der Waals surface area contributed by atoms with Crippen molar-refractivity contribution in [3.63, 3.8) is 0 Å². The molecule has 1 aromatic carbocycles. The van der Waals surface area contributed by atoms with Crippen LogP contribution in [0.3, 0.4) is 0 Å². The molecule has 6 heteroatoms. The summed E-state index contributed by atoms with van der Waals surface area (Å²) in [6.07, 6.45) is 1.78. The number of nitrogens with zero attached hydrogens (tertiary/aromatic N) is 3. The summed E-state index contributed by atoms with van der Waals surface area (Å²) in [5, 5.41) is 3.04. The highest BCUT2D eigenvalue weighted by atomic mass is 16.5. The van der Waals surface area contributed by atoms with E-state index in [1.165, 1.54) is 5.56 Å². The van der Waals surface area contributed by atoms with Crippen molar-refractivity contribution >= 4 is 17.4 Å². The van der Waals surface area contributed by atoms with E-state index in [0.29, 0.717) is 0 Å². The first-order valence-electron chi connectivity index (χ1n) is 10.3. The van der Waals surface area contributed by atoms with Crippen molar-refractivity contribution in [2.24, 2.45) is 5.92 Å². The molecule has 156 valence electrons. The van der Waals surface area contributed by atoms with Crippen molar-refractivity contribution < 1.29 is 9.53 Å². The highest BCUT2D eigenvalue weighted by molar-refractivity contribution is 5.97. The van der Waals surface area contributed by atoms with Crippen molar-refractivity contribution in [3.05, 3.63) is 42.1 Å². The van der Waals surface area contributed by atoms with Crippen LogP contribution in [-0.2, 0) is 9.53 Å². The van der Waals surface area contributed by atoms with Crippen molar-refractivity contribution in [2.45, 2.75) is 20.8 Å². The van der Waals surface area contributed by atoms with Gasteiger partial charge in [0, 0.05) is 44.7 Å². The molecule has 0 unspecified atom stereocenters. The van der Waals surface area contributed by atoms with Crippen LogP contribution in [0, 0.1) is 12.8 Å². The number of aryl methyl sites for hydroxylation is 1. The van der Waals surface area contributed by atoms with Gasteiger partial charge in [0.25, 0.3) is 0 Å². The van der Waals surface area contributed by atoms with Gasteiger partial charge in [-0.1, -0.05) is 38.1 Å². The SMILES string of the molecule is Cc1ccccc1-c1cc(N(C)CCN2CCOCC2)ncc1NC(=O)C(C)C. The van der Waals surface area contributed by atoms with Gasteiger partial charge in [-0.2, -0.15) is 0 Å². The van der Waals surface area contributed by atoms with Gasteiger partial charge in [0.2, 0.25) is 5.91 Å². The zero-order chi connectivity index (χ0) is 20.8. The highest BCUT2D eigenvalue weighted by Gasteiger charge is 2.16. The Bertz CT molecular complexity index is 831. The van der Waals surface area contributed by atoms with E-state index >= 15 is 0 Å². The monoisotopic (exact) mass is 396 g/mol. The van der Waals surface area contributed by atoms with Gasteiger partial charge in [-0.15, -0.1) is 0 Å². The van der Waals surface area contributed by atoms with Crippen LogP contribution in [0.15, 0.2) is 36.5 Å². The zero-order valence-corrected chi connectivity index (χ0v) is 17.9. The molecule has 1 aromatic heterocycles. The third kappa shape index (κ3) is 5.55. The number of pyridine rings is 1. The van der Waals surface area contributed by atoms with E-state index in [-0.39, 0.29) is 11.8 Å². The van der Waals surface area contributed by atoms with Crippen molar-refractivity contribution in [3.8, 4) is 11.1 Å². The number of carbonyl (C=O) groups is 1. The Morgan fingerprint density at radius 1 is 1.24 bits per heavy atom. The topological polar surface area (TPSA) is 57.7 Å². The number of morpholine rings is 1. The lowest BCUT2D eigenvalue weighted by Crippen LogP contribution is -2.40. The van der Waals surface area contributed by atoms with Crippen LogP contribution in [0.2, 0.25) is 0 Å². The molecule has 0 aliphatic carbocycles. The van der Waals surface area contributed by atoms with Gasteiger partial charge < -0.3 is 15.0 Å². The molecule has 1 saturated heterocycles. The number of rotatable bonds is 7. The van der Waals surface area contributed by atoms with Gasteiger partial charge >= 0.3 is 0 Å². The maximum atomic E-state index is 12.3. The zero-order valence-electron chi connectivity index (χ0n) is 17.9. The number of likely N-dealkylation sites (N-methyl/N-ethyl adjacent to an activating group) is 1. The molecule has 0 bridgehead atoms. The maximum absolute atomic E-state index is 12.3. The third-order valence-electron chi connectivity index (χ3n) is 5.35. The van der Waals surface area contributed by atoms with E-state index in [1.54, 1.807) is 6.20 Å². The molecule has 0 atom stereocenters. The van der Waals surface area contributed by atoms with E-state index in [4.69, 9.17) is 4.74 Å². The number of aromatic nitrogens is 1. The number of carbonyl (C=O) groups excluding carboxylic acids is 1. The van der Waals surface area contributed by atoms with E-state index in [2.05, 4.69) is 52.3 Å². The molecule has 1 amide bonds. The van der Waals surface area contributed by atoms with Gasteiger partial charge in [-0.25, -0.2) is 4.98 Å². The normalized spacial score (nSPS) is 14.8. The minimum atomic E-state index is -0.0874. The molecular formula is C23H32N4O2. The van der Waals surface area contributed by atoms with E-state index in [0.717, 1.165) is 62.0 Å². The standard InChI is InChI=1S/C23H32N4O2/c1-17(2)23(28)25-21-16-24-22(15-20(21)19-8-6-5-7-18(19)3)26(4)9-10-27-11-13-29-14-12-27/h5-8,15-17H,9-14H2,1-4H3,(H,25,28). The average Bonchev–Trinajstić information content (AvgIpc) is 2.73. The average molecular weight is 397 g/mol. The first-order valence-corrected chi connectivity index (χ1v) is 10.3. The molecule has 3 rings (SSSR count). The predicted molar refractivity (Wildman–Crippen MR) is 118 cm³/mol. The molecular weight excluding hydrogens is 364 g/mol. The van der Waals surface area contributed by atoms with Crippen LogP contribution >= 0.6 is 0 Å². The van der Waals surface area contributed by atoms with Gasteiger partial charge in [-0.3, -0.25) is 9.69 Å². The van der Waals surface area contributed by atoms with Crippen LogP contribution in [0.1, 0.15) is 19.4 Å². The smallest absolute Gasteiger partial charge is 0.226 e. The second kappa shape index (κ2) is 9.85. The van der Waals surface area contributed by atoms with Gasteiger partial charge in [0.15, 0.2) is 0 Å². The minimum absolute atomic E-state index is 0.00458. The van der Waals surface area contributed by atoms with Gasteiger partial charge in [0.05, 0.1) is 25.1 Å². The fourth-order valence-electron chi connectivity index (χ4n) is 3.36. The summed E-state index contributed by atoms with van der Waals surface area (Å²) in [5.41, 5.74) is 4.03. The molecule has 0 spiro atoms. The van der Waals surface area contributed by atoms with E-state index in [9.17, 15) is 4.79 Å². The summed E-state index contributed by atoms with van der Waals surface area (Å²) in [4.78, 5) is 21.5. The lowest BCUT2D eigenvalue weighted by Gasteiger charge is -2.29. The molecule has 1 aliphatic heterocycles. The molecule has 1 fully saturated rings. The second-order valence-corrected chi connectivity index (χ2v) is 7.92. The number of amides is 1. The second-order valence-electron chi connectivity index (χ2n) is 7.92. The van der Waals surface area contributed by atoms with Crippen molar-refractivity contribution in [2.75, 3.05) is 56.7 Å². The number of hydrogen-bond acceptors (Lipinski definition) is 5. The Balaban J connectivity index is 1.84. The minimum Gasteiger partial charge on any atom is -0.379 e. The Hall–Kier alpha value is -2.44. The summed E-state index contributed by atoms with van der Waals surface area (Å²) in [6, 6.07) is 10.3.